The average Bonchev–Trinajstić information content (AvgIpc) is 3.91. The van der Waals surface area contributed by atoms with Gasteiger partial charge >= 0.3 is 0 Å². The molecule has 0 aliphatic rings. The Kier molecular flexibility index (Phi) is 7.89. The Balaban J connectivity index is 1.25. The van der Waals surface area contributed by atoms with Crippen LogP contribution in [0.25, 0.3) is 28.2 Å². The van der Waals surface area contributed by atoms with Gasteiger partial charge in [-0.15, -0.1) is 14.8 Å². The topological polar surface area (TPSA) is 78.7 Å². The second-order valence-corrected chi connectivity index (χ2v) is 12.2. The van der Waals surface area contributed by atoms with E-state index < -0.39 is 5.54 Å². The summed E-state index contributed by atoms with van der Waals surface area (Å²) in [6.45, 7) is 5.02. The first-order valence-corrected chi connectivity index (χ1v) is 16.8. The summed E-state index contributed by atoms with van der Waals surface area (Å²) in [5.41, 5.74) is 8.90. The number of fused-ring (bicyclic) bond motifs is 1. The largest absolute Gasteiger partial charge is 0.307 e. The number of tetrazole rings is 1. The third-order valence-corrected chi connectivity index (χ3v) is 9.41. The Morgan fingerprint density at radius 3 is 1.76 bits per heavy atom. The maximum atomic E-state index is 4.78. The van der Waals surface area contributed by atoms with Crippen molar-refractivity contribution in [2.24, 2.45) is 0 Å². The van der Waals surface area contributed by atoms with Crippen molar-refractivity contribution in [1.82, 2.24) is 39.6 Å². The van der Waals surface area contributed by atoms with E-state index in [1.807, 2.05) is 29.1 Å². The molecule has 3 aromatic heterocycles. The summed E-state index contributed by atoms with van der Waals surface area (Å²) in [5, 5.41) is 23.1. The zero-order valence-electron chi connectivity index (χ0n) is 27.6. The van der Waals surface area contributed by atoms with Crippen molar-refractivity contribution in [3.8, 4) is 22.5 Å². The van der Waals surface area contributed by atoms with Crippen molar-refractivity contribution < 1.29 is 0 Å². The van der Waals surface area contributed by atoms with Gasteiger partial charge in [0.25, 0.3) is 0 Å². The Bertz CT molecular complexity index is 2220. The molecule has 0 saturated carbocycles. The SMILES string of the molecule is CCc1cnn2nc(CC)n(Cc3ccc(-c4ccccc4-c4nnnn4C(c4ccccc4)(c4ccccc4)c4ccccc4)cc3)c12. The van der Waals surface area contributed by atoms with Crippen molar-refractivity contribution in [3.63, 3.8) is 0 Å². The number of aryl methyl sites for hydroxylation is 2. The molecule has 49 heavy (non-hydrogen) atoms. The van der Waals surface area contributed by atoms with Crippen LogP contribution in [0, 0.1) is 0 Å². The van der Waals surface area contributed by atoms with Gasteiger partial charge in [0.05, 0.1) is 12.7 Å². The van der Waals surface area contributed by atoms with Crippen LogP contribution in [-0.2, 0) is 24.9 Å². The van der Waals surface area contributed by atoms with Crippen molar-refractivity contribution in [1.29, 1.82) is 0 Å². The standard InChI is InChI=1S/C41H36N8/c1-3-31-28-42-49-40(31)47(38(4-2)44-49)29-30-24-26-32(27-25-30)36-22-14-15-23-37(36)39-43-45-46-48(39)41(33-16-8-5-9-17-33,34-18-10-6-11-19-34)35-20-12-7-13-21-35/h5-28H,3-4,29H2,1-2H3. The normalized spacial score (nSPS) is 11.7. The molecule has 8 nitrogen and oxygen atoms in total. The van der Waals surface area contributed by atoms with Gasteiger partial charge in [0, 0.05) is 17.5 Å². The van der Waals surface area contributed by atoms with Crippen LogP contribution in [-0.4, -0.2) is 39.6 Å². The van der Waals surface area contributed by atoms with Gasteiger partial charge in [0.15, 0.2) is 11.5 Å². The first-order chi connectivity index (χ1) is 24.2. The Morgan fingerprint density at radius 1 is 0.612 bits per heavy atom. The van der Waals surface area contributed by atoms with Gasteiger partial charge < -0.3 is 4.57 Å². The summed E-state index contributed by atoms with van der Waals surface area (Å²) >= 11 is 0. The number of benzene rings is 5. The highest BCUT2D eigenvalue weighted by atomic mass is 15.6. The predicted molar refractivity (Wildman–Crippen MR) is 192 cm³/mol. The molecule has 8 heteroatoms. The van der Waals surface area contributed by atoms with E-state index in [4.69, 9.17) is 15.4 Å². The molecule has 5 aromatic carbocycles. The lowest BCUT2D eigenvalue weighted by Crippen LogP contribution is -2.39. The first-order valence-electron chi connectivity index (χ1n) is 16.8. The van der Waals surface area contributed by atoms with E-state index in [0.717, 1.165) is 64.2 Å². The Morgan fingerprint density at radius 2 is 1.18 bits per heavy atom. The maximum absolute atomic E-state index is 4.78. The lowest BCUT2D eigenvalue weighted by Gasteiger charge is -2.36. The third-order valence-electron chi connectivity index (χ3n) is 9.41. The van der Waals surface area contributed by atoms with Crippen molar-refractivity contribution in [3.05, 3.63) is 179 Å². The summed E-state index contributed by atoms with van der Waals surface area (Å²) in [4.78, 5) is 0. The van der Waals surface area contributed by atoms with Crippen LogP contribution in [0.15, 0.2) is 146 Å². The van der Waals surface area contributed by atoms with Gasteiger partial charge in [-0.2, -0.15) is 5.10 Å². The highest BCUT2D eigenvalue weighted by Crippen LogP contribution is 2.43. The minimum Gasteiger partial charge on any atom is -0.307 e. The monoisotopic (exact) mass is 640 g/mol. The van der Waals surface area contributed by atoms with E-state index in [9.17, 15) is 0 Å². The van der Waals surface area contributed by atoms with Crippen LogP contribution < -0.4 is 0 Å². The quantitative estimate of drug-likeness (QED) is 0.142. The maximum Gasteiger partial charge on any atom is 0.184 e. The molecule has 240 valence electrons. The minimum absolute atomic E-state index is 0.678. The van der Waals surface area contributed by atoms with Gasteiger partial charge in [-0.25, -0.2) is 4.68 Å². The highest BCUT2D eigenvalue weighted by molar-refractivity contribution is 5.81. The summed E-state index contributed by atoms with van der Waals surface area (Å²) in [5.74, 6) is 1.70. The second-order valence-electron chi connectivity index (χ2n) is 12.2. The summed E-state index contributed by atoms with van der Waals surface area (Å²) < 4.78 is 6.06. The van der Waals surface area contributed by atoms with E-state index in [1.165, 1.54) is 11.1 Å². The molecule has 0 N–H and O–H groups in total. The summed E-state index contributed by atoms with van der Waals surface area (Å²) in [6, 6.07) is 48.7. The lowest BCUT2D eigenvalue weighted by atomic mass is 9.77. The van der Waals surface area contributed by atoms with Gasteiger partial charge in [0.2, 0.25) is 0 Å². The number of nitrogens with zero attached hydrogens (tertiary/aromatic N) is 8. The molecule has 0 unspecified atom stereocenters. The van der Waals surface area contributed by atoms with Crippen molar-refractivity contribution >= 4 is 5.65 Å². The number of aromatic nitrogens is 8. The molecule has 0 bridgehead atoms. The predicted octanol–water partition coefficient (Wildman–Crippen LogP) is 7.86. The molecule has 3 heterocycles. The van der Waals surface area contributed by atoms with Crippen LogP contribution >= 0.6 is 0 Å². The highest BCUT2D eigenvalue weighted by Gasteiger charge is 2.42. The van der Waals surface area contributed by atoms with E-state index >= 15 is 0 Å². The lowest BCUT2D eigenvalue weighted by molar-refractivity contribution is 0.451. The molecule has 0 saturated heterocycles. The van der Waals surface area contributed by atoms with E-state index in [0.29, 0.717) is 5.82 Å². The van der Waals surface area contributed by atoms with Crippen LogP contribution in [0.1, 0.15) is 47.5 Å². The summed E-state index contributed by atoms with van der Waals surface area (Å²) in [7, 11) is 0. The average molecular weight is 641 g/mol. The second kappa shape index (κ2) is 12.8. The van der Waals surface area contributed by atoms with Crippen LogP contribution in [0.5, 0.6) is 0 Å². The number of hydrogen-bond acceptors (Lipinski definition) is 5. The van der Waals surface area contributed by atoms with Gasteiger partial charge in [-0.3, -0.25) is 0 Å². The van der Waals surface area contributed by atoms with Gasteiger partial charge in [-0.1, -0.05) is 153 Å². The first kappa shape index (κ1) is 30.2. The molecule has 0 aliphatic heterocycles. The molecule has 0 atom stereocenters. The zero-order valence-corrected chi connectivity index (χ0v) is 27.6. The Hall–Kier alpha value is -6.15. The third kappa shape index (κ3) is 5.13. The van der Waals surface area contributed by atoms with Crippen molar-refractivity contribution in [2.75, 3.05) is 0 Å². The molecule has 0 radical (unpaired) electrons. The van der Waals surface area contributed by atoms with E-state index in [1.54, 1.807) is 4.63 Å². The molecular formula is C41H36N8. The van der Waals surface area contributed by atoms with Crippen LogP contribution in [0.2, 0.25) is 0 Å². The smallest absolute Gasteiger partial charge is 0.184 e. The van der Waals surface area contributed by atoms with Crippen LogP contribution in [0.3, 0.4) is 0 Å². The molecular weight excluding hydrogens is 605 g/mol. The molecule has 0 amide bonds. The summed E-state index contributed by atoms with van der Waals surface area (Å²) in [6.07, 6.45) is 3.67. The fourth-order valence-electron chi connectivity index (χ4n) is 7.07. The molecule has 8 aromatic rings. The van der Waals surface area contributed by atoms with Crippen molar-refractivity contribution in [2.45, 2.75) is 38.8 Å². The fourth-order valence-corrected chi connectivity index (χ4v) is 7.07. The zero-order chi connectivity index (χ0) is 33.2. The van der Waals surface area contributed by atoms with E-state index in [-0.39, 0.29) is 0 Å². The fraction of sp³-hybridized carbons (Fsp3) is 0.146. The molecule has 0 fully saturated rings. The Labute approximate surface area is 285 Å². The molecule has 0 spiro atoms. The van der Waals surface area contributed by atoms with Gasteiger partial charge in [0.1, 0.15) is 11.4 Å². The number of hydrogen-bond donors (Lipinski definition) is 0. The minimum atomic E-state index is -0.836. The van der Waals surface area contributed by atoms with E-state index in [2.05, 4.69) is 150 Å². The molecule has 8 rings (SSSR count). The van der Waals surface area contributed by atoms with Gasteiger partial charge in [-0.05, 0) is 50.2 Å². The number of rotatable bonds is 10. The molecule has 0 aliphatic carbocycles. The van der Waals surface area contributed by atoms with Crippen LogP contribution in [0.4, 0.5) is 0 Å².